The molecule has 3 aromatic carbocycles. The number of halogens is 1. The van der Waals surface area contributed by atoms with Crippen LogP contribution in [0.2, 0.25) is 0 Å². The summed E-state index contributed by atoms with van der Waals surface area (Å²) in [5, 5.41) is 2.82. The van der Waals surface area contributed by atoms with Gasteiger partial charge in [-0.25, -0.2) is 17.5 Å². The van der Waals surface area contributed by atoms with E-state index < -0.39 is 27.3 Å². The third-order valence-electron chi connectivity index (χ3n) is 5.57. The molecule has 0 fully saturated rings. The van der Waals surface area contributed by atoms with Crippen molar-refractivity contribution >= 4 is 21.6 Å². The lowest BCUT2D eigenvalue weighted by Crippen LogP contribution is -2.46. The molecule has 5 nitrogen and oxygen atoms in total. The molecule has 0 spiro atoms. The number of sulfonamides is 1. The third-order valence-corrected chi connectivity index (χ3v) is 7.01. The van der Waals surface area contributed by atoms with Crippen molar-refractivity contribution in [3.8, 4) is 0 Å². The van der Waals surface area contributed by atoms with Gasteiger partial charge in [0.1, 0.15) is 5.82 Å². The first-order valence-electron chi connectivity index (χ1n) is 9.47. The van der Waals surface area contributed by atoms with Crippen LogP contribution in [0, 0.1) is 12.7 Å². The normalized spacial score (nSPS) is 19.2. The Morgan fingerprint density at radius 1 is 1.00 bits per heavy atom. The molecule has 1 amide bonds. The van der Waals surface area contributed by atoms with E-state index >= 15 is 0 Å². The summed E-state index contributed by atoms with van der Waals surface area (Å²) < 4.78 is 43.1. The van der Waals surface area contributed by atoms with E-state index in [2.05, 4.69) is 10.0 Å². The van der Waals surface area contributed by atoms with Crippen LogP contribution in [-0.2, 0) is 20.2 Å². The second kappa shape index (κ2) is 7.34. The van der Waals surface area contributed by atoms with E-state index in [1.807, 2.05) is 6.92 Å². The molecule has 0 radical (unpaired) electrons. The van der Waals surface area contributed by atoms with Crippen molar-refractivity contribution < 1.29 is 17.6 Å². The van der Waals surface area contributed by atoms with Crippen LogP contribution < -0.4 is 10.0 Å². The summed E-state index contributed by atoms with van der Waals surface area (Å²) in [6.07, 6.45) is 0. The maximum Gasteiger partial charge on any atom is 0.241 e. The fraction of sp³-hybridized carbons (Fsp3) is 0.174. The van der Waals surface area contributed by atoms with Crippen molar-refractivity contribution in [3.05, 3.63) is 95.3 Å². The number of anilines is 1. The number of rotatable bonds is 5. The zero-order chi connectivity index (χ0) is 21.5. The van der Waals surface area contributed by atoms with Gasteiger partial charge in [0.2, 0.25) is 15.9 Å². The SMILES string of the molecule is Cc1ccc(S(=O)(=O)N[C@H](c2cccc(F)c2)C2(C)C(=O)Nc3ccccc32)cc1. The molecule has 30 heavy (non-hydrogen) atoms. The summed E-state index contributed by atoms with van der Waals surface area (Å²) in [4.78, 5) is 13.2. The topological polar surface area (TPSA) is 75.3 Å². The van der Waals surface area contributed by atoms with Gasteiger partial charge in [-0.2, -0.15) is 0 Å². The maximum absolute atomic E-state index is 14.1. The Labute approximate surface area is 175 Å². The van der Waals surface area contributed by atoms with E-state index in [1.54, 1.807) is 49.4 Å². The third kappa shape index (κ3) is 3.40. The van der Waals surface area contributed by atoms with Crippen molar-refractivity contribution in [1.29, 1.82) is 0 Å². The Balaban J connectivity index is 1.86. The van der Waals surface area contributed by atoms with Crippen LogP contribution in [0.1, 0.15) is 29.7 Å². The summed E-state index contributed by atoms with van der Waals surface area (Å²) in [6.45, 7) is 3.53. The zero-order valence-corrected chi connectivity index (χ0v) is 17.3. The van der Waals surface area contributed by atoms with Crippen LogP contribution in [0.25, 0.3) is 0 Å². The number of hydrogen-bond donors (Lipinski definition) is 2. The van der Waals surface area contributed by atoms with Gasteiger partial charge in [-0.1, -0.05) is 48.0 Å². The quantitative estimate of drug-likeness (QED) is 0.649. The number of fused-ring (bicyclic) bond motifs is 1. The van der Waals surface area contributed by atoms with Gasteiger partial charge < -0.3 is 5.32 Å². The van der Waals surface area contributed by atoms with Crippen LogP contribution in [-0.4, -0.2) is 14.3 Å². The highest BCUT2D eigenvalue weighted by atomic mass is 32.2. The number of carbonyl (C=O) groups is 1. The predicted molar refractivity (Wildman–Crippen MR) is 113 cm³/mol. The molecule has 4 rings (SSSR count). The number of aryl methyl sites for hydroxylation is 1. The minimum absolute atomic E-state index is 0.0739. The van der Waals surface area contributed by atoms with Gasteiger partial charge in [0.25, 0.3) is 0 Å². The fourth-order valence-corrected chi connectivity index (χ4v) is 5.16. The average molecular weight is 424 g/mol. The van der Waals surface area contributed by atoms with Crippen LogP contribution in [0.4, 0.5) is 10.1 Å². The highest BCUT2D eigenvalue weighted by Gasteiger charge is 2.50. The second-order valence-electron chi connectivity index (χ2n) is 7.62. The highest BCUT2D eigenvalue weighted by Crippen LogP contribution is 2.46. The first kappa shape index (κ1) is 20.3. The van der Waals surface area contributed by atoms with Gasteiger partial charge in [-0.05, 0) is 55.3 Å². The van der Waals surface area contributed by atoms with Crippen molar-refractivity contribution in [1.82, 2.24) is 4.72 Å². The molecule has 0 aliphatic carbocycles. The van der Waals surface area contributed by atoms with Crippen LogP contribution in [0.5, 0.6) is 0 Å². The molecule has 2 atom stereocenters. The molecule has 0 saturated carbocycles. The molecule has 1 aliphatic rings. The van der Waals surface area contributed by atoms with Gasteiger partial charge in [-0.15, -0.1) is 0 Å². The summed E-state index contributed by atoms with van der Waals surface area (Å²) in [6, 6.07) is 18.1. The molecule has 1 aliphatic heterocycles. The van der Waals surface area contributed by atoms with E-state index in [0.717, 1.165) is 5.56 Å². The van der Waals surface area contributed by atoms with E-state index in [-0.39, 0.29) is 10.8 Å². The molecular formula is C23H21FN2O3S. The van der Waals surface area contributed by atoms with Crippen molar-refractivity contribution in [2.75, 3.05) is 5.32 Å². The average Bonchev–Trinajstić information content (AvgIpc) is 2.98. The van der Waals surface area contributed by atoms with E-state index in [0.29, 0.717) is 16.8 Å². The standard InChI is InChI=1S/C23H21FN2O3S/c1-15-10-12-18(13-11-15)30(28,29)26-21(16-6-5-7-17(24)14-16)23(2)19-8-3-4-9-20(19)25-22(23)27/h3-14,21,26H,1-2H3,(H,25,27)/t21-,23?/m1/s1. The molecule has 0 saturated heterocycles. The van der Waals surface area contributed by atoms with Crippen molar-refractivity contribution in [2.24, 2.45) is 0 Å². The molecule has 2 N–H and O–H groups in total. The number of nitrogens with one attached hydrogen (secondary N) is 2. The number of hydrogen-bond acceptors (Lipinski definition) is 3. The predicted octanol–water partition coefficient (Wildman–Crippen LogP) is 4.06. The summed E-state index contributed by atoms with van der Waals surface area (Å²) in [5.74, 6) is -0.869. The number of carbonyl (C=O) groups excluding carboxylic acids is 1. The minimum Gasteiger partial charge on any atom is -0.325 e. The Hall–Kier alpha value is -3.03. The lowest BCUT2D eigenvalue weighted by atomic mass is 9.74. The minimum atomic E-state index is -3.99. The van der Waals surface area contributed by atoms with Crippen molar-refractivity contribution in [2.45, 2.75) is 30.2 Å². The Kier molecular flexibility index (Phi) is 4.95. The number of benzene rings is 3. The van der Waals surface area contributed by atoms with E-state index in [9.17, 15) is 17.6 Å². The first-order valence-corrected chi connectivity index (χ1v) is 11.0. The lowest BCUT2D eigenvalue weighted by Gasteiger charge is -2.33. The van der Waals surface area contributed by atoms with Gasteiger partial charge >= 0.3 is 0 Å². The molecule has 7 heteroatoms. The monoisotopic (exact) mass is 424 g/mol. The zero-order valence-electron chi connectivity index (χ0n) is 16.5. The Morgan fingerprint density at radius 2 is 1.70 bits per heavy atom. The largest absolute Gasteiger partial charge is 0.325 e. The number of amides is 1. The fourth-order valence-electron chi connectivity index (χ4n) is 3.85. The van der Waals surface area contributed by atoms with Gasteiger partial charge in [0.05, 0.1) is 16.4 Å². The second-order valence-corrected chi connectivity index (χ2v) is 9.34. The summed E-state index contributed by atoms with van der Waals surface area (Å²) in [7, 11) is -3.99. The van der Waals surface area contributed by atoms with Gasteiger partial charge in [0.15, 0.2) is 0 Å². The van der Waals surface area contributed by atoms with Crippen molar-refractivity contribution in [3.63, 3.8) is 0 Å². The van der Waals surface area contributed by atoms with Crippen LogP contribution >= 0.6 is 0 Å². The molecule has 1 heterocycles. The van der Waals surface area contributed by atoms with E-state index in [4.69, 9.17) is 0 Å². The molecular weight excluding hydrogens is 403 g/mol. The van der Waals surface area contributed by atoms with Crippen LogP contribution in [0.3, 0.4) is 0 Å². The number of para-hydroxylation sites is 1. The summed E-state index contributed by atoms with van der Waals surface area (Å²) >= 11 is 0. The van der Waals surface area contributed by atoms with Gasteiger partial charge in [-0.3, -0.25) is 4.79 Å². The Bertz CT molecular complexity index is 1230. The van der Waals surface area contributed by atoms with E-state index in [1.165, 1.54) is 30.3 Å². The molecule has 3 aromatic rings. The molecule has 0 bridgehead atoms. The molecule has 0 aromatic heterocycles. The first-order chi connectivity index (χ1) is 14.2. The lowest BCUT2D eigenvalue weighted by molar-refractivity contribution is -0.121. The smallest absolute Gasteiger partial charge is 0.241 e. The van der Waals surface area contributed by atoms with Gasteiger partial charge in [0, 0.05) is 5.69 Å². The van der Waals surface area contributed by atoms with Crippen LogP contribution in [0.15, 0.2) is 77.7 Å². The Morgan fingerprint density at radius 3 is 2.40 bits per heavy atom. The maximum atomic E-state index is 14.1. The summed E-state index contributed by atoms with van der Waals surface area (Å²) in [5.41, 5.74) is 1.27. The molecule has 1 unspecified atom stereocenters. The molecule has 154 valence electrons. The highest BCUT2D eigenvalue weighted by molar-refractivity contribution is 7.89.